The van der Waals surface area contributed by atoms with Crippen LogP contribution in [0.25, 0.3) is 0 Å². The predicted molar refractivity (Wildman–Crippen MR) is 102 cm³/mol. The quantitative estimate of drug-likeness (QED) is 0.388. The second-order valence-corrected chi connectivity index (χ2v) is 5.95. The molecule has 2 aromatic carbocycles. The topological polar surface area (TPSA) is 50.7 Å². The maximum atomic E-state index is 11.6. The Morgan fingerprint density at radius 1 is 1.04 bits per heavy atom. The van der Waals surface area contributed by atoms with Gasteiger partial charge in [-0.25, -0.2) is 5.43 Å². The molecule has 2 aromatic rings. The summed E-state index contributed by atoms with van der Waals surface area (Å²) in [6, 6.07) is 17.7. The molecule has 0 heterocycles. The standard InChI is InChI=1S/C21H26N2O2/c1-2-3-4-8-11-21(24)23-22-16-18-12-14-20(15-13-18)25-17-19-9-6-5-7-10-19/h5-7,9-10,12-16H,2-4,8,11,17H2,1H3,(H,23,24)/b22-16+. The molecule has 0 radical (unpaired) electrons. The lowest BCUT2D eigenvalue weighted by atomic mass is 10.1. The van der Waals surface area contributed by atoms with Gasteiger partial charge in [-0.3, -0.25) is 4.79 Å². The predicted octanol–water partition coefficient (Wildman–Crippen LogP) is 4.69. The van der Waals surface area contributed by atoms with E-state index in [1.54, 1.807) is 6.21 Å². The molecule has 0 aromatic heterocycles. The Labute approximate surface area is 149 Å². The number of benzene rings is 2. The fourth-order valence-electron chi connectivity index (χ4n) is 2.34. The van der Waals surface area contributed by atoms with Crippen molar-refractivity contribution < 1.29 is 9.53 Å². The summed E-state index contributed by atoms with van der Waals surface area (Å²) < 4.78 is 5.74. The number of carbonyl (C=O) groups is 1. The average Bonchev–Trinajstić information content (AvgIpc) is 2.65. The van der Waals surface area contributed by atoms with Gasteiger partial charge in [0.05, 0.1) is 6.21 Å². The molecular formula is C21H26N2O2. The van der Waals surface area contributed by atoms with Gasteiger partial charge in [0.25, 0.3) is 0 Å². The third-order valence-corrected chi connectivity index (χ3v) is 3.79. The Bertz CT molecular complexity index is 651. The van der Waals surface area contributed by atoms with Gasteiger partial charge in [-0.05, 0) is 41.8 Å². The monoisotopic (exact) mass is 338 g/mol. The second-order valence-electron chi connectivity index (χ2n) is 5.95. The Balaban J connectivity index is 1.71. The normalized spacial score (nSPS) is 10.8. The highest BCUT2D eigenvalue weighted by Crippen LogP contribution is 2.13. The molecule has 1 N–H and O–H groups in total. The van der Waals surface area contributed by atoms with E-state index in [1.165, 1.54) is 12.8 Å². The molecule has 1 amide bonds. The van der Waals surface area contributed by atoms with Crippen LogP contribution in [0, 0.1) is 0 Å². The van der Waals surface area contributed by atoms with Gasteiger partial charge in [-0.15, -0.1) is 0 Å². The van der Waals surface area contributed by atoms with Crippen LogP contribution in [0.1, 0.15) is 50.2 Å². The zero-order valence-corrected chi connectivity index (χ0v) is 14.8. The maximum Gasteiger partial charge on any atom is 0.240 e. The van der Waals surface area contributed by atoms with Crippen LogP contribution < -0.4 is 10.2 Å². The average molecular weight is 338 g/mol. The first-order chi connectivity index (χ1) is 12.3. The van der Waals surface area contributed by atoms with Crippen molar-refractivity contribution in [2.24, 2.45) is 5.10 Å². The Morgan fingerprint density at radius 3 is 2.52 bits per heavy atom. The van der Waals surface area contributed by atoms with Gasteiger partial charge in [0.15, 0.2) is 0 Å². The lowest BCUT2D eigenvalue weighted by molar-refractivity contribution is -0.121. The summed E-state index contributed by atoms with van der Waals surface area (Å²) in [6.45, 7) is 2.70. The number of nitrogens with one attached hydrogen (secondary N) is 1. The highest BCUT2D eigenvalue weighted by Gasteiger charge is 1.99. The van der Waals surface area contributed by atoms with Gasteiger partial charge in [0.1, 0.15) is 12.4 Å². The minimum Gasteiger partial charge on any atom is -0.489 e. The SMILES string of the molecule is CCCCCCC(=O)N/N=C/c1ccc(OCc2ccccc2)cc1. The molecular weight excluding hydrogens is 312 g/mol. The van der Waals surface area contributed by atoms with E-state index in [2.05, 4.69) is 17.5 Å². The first-order valence-electron chi connectivity index (χ1n) is 8.86. The number of unbranched alkanes of at least 4 members (excludes halogenated alkanes) is 3. The van der Waals surface area contributed by atoms with Crippen molar-refractivity contribution in [3.05, 3.63) is 65.7 Å². The van der Waals surface area contributed by atoms with Gasteiger partial charge in [-0.2, -0.15) is 5.10 Å². The van der Waals surface area contributed by atoms with Crippen LogP contribution in [-0.2, 0) is 11.4 Å². The fourth-order valence-corrected chi connectivity index (χ4v) is 2.34. The van der Waals surface area contributed by atoms with Gasteiger partial charge in [-0.1, -0.05) is 56.5 Å². The van der Waals surface area contributed by atoms with E-state index in [-0.39, 0.29) is 5.91 Å². The highest BCUT2D eigenvalue weighted by molar-refractivity contribution is 5.82. The molecule has 0 saturated heterocycles. The molecule has 0 aliphatic rings. The molecule has 0 fully saturated rings. The van der Waals surface area contributed by atoms with Gasteiger partial charge < -0.3 is 4.74 Å². The van der Waals surface area contributed by atoms with Gasteiger partial charge in [0.2, 0.25) is 5.91 Å². The largest absolute Gasteiger partial charge is 0.489 e. The first-order valence-corrected chi connectivity index (χ1v) is 8.86. The van der Waals surface area contributed by atoms with Crippen molar-refractivity contribution in [1.82, 2.24) is 5.43 Å². The number of nitrogens with zero attached hydrogens (tertiary/aromatic N) is 1. The van der Waals surface area contributed by atoms with Gasteiger partial charge in [0, 0.05) is 6.42 Å². The molecule has 4 heteroatoms. The summed E-state index contributed by atoms with van der Waals surface area (Å²) in [5.41, 5.74) is 4.62. The molecule has 0 aliphatic heterocycles. The van der Waals surface area contributed by atoms with Gasteiger partial charge >= 0.3 is 0 Å². The van der Waals surface area contributed by atoms with E-state index in [9.17, 15) is 4.79 Å². The number of hydrazone groups is 1. The molecule has 4 nitrogen and oxygen atoms in total. The molecule has 0 saturated carbocycles. The summed E-state index contributed by atoms with van der Waals surface area (Å²) in [5, 5.41) is 4.00. The lowest BCUT2D eigenvalue weighted by Gasteiger charge is -2.06. The Hall–Kier alpha value is -2.62. The minimum absolute atomic E-state index is 0.0323. The maximum absolute atomic E-state index is 11.6. The van der Waals surface area contributed by atoms with Crippen molar-refractivity contribution in [3.8, 4) is 5.75 Å². The van der Waals surface area contributed by atoms with Crippen LogP contribution in [0.3, 0.4) is 0 Å². The molecule has 0 atom stereocenters. The third kappa shape index (κ3) is 7.66. The molecule has 0 spiro atoms. The first kappa shape index (κ1) is 18.7. The smallest absolute Gasteiger partial charge is 0.240 e. The number of amides is 1. The summed E-state index contributed by atoms with van der Waals surface area (Å²) in [5.74, 6) is 0.774. The van der Waals surface area contributed by atoms with Crippen LogP contribution in [-0.4, -0.2) is 12.1 Å². The van der Waals surface area contributed by atoms with E-state index in [4.69, 9.17) is 4.74 Å². The van der Waals surface area contributed by atoms with Crippen molar-refractivity contribution in [2.75, 3.05) is 0 Å². The van der Waals surface area contributed by atoms with E-state index in [0.717, 1.165) is 29.7 Å². The number of hydrogen-bond donors (Lipinski definition) is 1. The zero-order valence-electron chi connectivity index (χ0n) is 14.8. The van der Waals surface area contributed by atoms with Crippen LogP contribution in [0.2, 0.25) is 0 Å². The number of ether oxygens (including phenoxy) is 1. The molecule has 132 valence electrons. The van der Waals surface area contributed by atoms with E-state index >= 15 is 0 Å². The van der Waals surface area contributed by atoms with E-state index in [0.29, 0.717) is 13.0 Å². The highest BCUT2D eigenvalue weighted by atomic mass is 16.5. The number of hydrogen-bond acceptors (Lipinski definition) is 3. The van der Waals surface area contributed by atoms with Crippen molar-refractivity contribution in [2.45, 2.75) is 45.6 Å². The number of rotatable bonds is 10. The second kappa shape index (κ2) is 11.0. The minimum atomic E-state index is -0.0323. The Kier molecular flexibility index (Phi) is 8.25. The summed E-state index contributed by atoms with van der Waals surface area (Å²) in [4.78, 5) is 11.6. The van der Waals surface area contributed by atoms with E-state index < -0.39 is 0 Å². The molecule has 25 heavy (non-hydrogen) atoms. The van der Waals surface area contributed by atoms with Crippen molar-refractivity contribution in [3.63, 3.8) is 0 Å². The Morgan fingerprint density at radius 2 is 1.80 bits per heavy atom. The van der Waals surface area contributed by atoms with Crippen LogP contribution in [0.5, 0.6) is 5.75 Å². The molecule has 2 rings (SSSR count). The fraction of sp³-hybridized carbons (Fsp3) is 0.333. The van der Waals surface area contributed by atoms with Crippen LogP contribution in [0.4, 0.5) is 0 Å². The zero-order chi connectivity index (χ0) is 17.7. The third-order valence-electron chi connectivity index (χ3n) is 3.79. The van der Waals surface area contributed by atoms with E-state index in [1.807, 2.05) is 54.6 Å². The summed E-state index contributed by atoms with van der Waals surface area (Å²) >= 11 is 0. The number of carbonyl (C=O) groups excluding carboxylic acids is 1. The van der Waals surface area contributed by atoms with Crippen molar-refractivity contribution >= 4 is 12.1 Å². The molecule has 0 unspecified atom stereocenters. The summed E-state index contributed by atoms with van der Waals surface area (Å²) in [6.07, 6.45) is 6.54. The van der Waals surface area contributed by atoms with Crippen LogP contribution in [0.15, 0.2) is 59.7 Å². The van der Waals surface area contributed by atoms with Crippen molar-refractivity contribution in [1.29, 1.82) is 0 Å². The molecule has 0 aliphatic carbocycles. The molecule has 0 bridgehead atoms. The summed E-state index contributed by atoms with van der Waals surface area (Å²) in [7, 11) is 0. The van der Waals surface area contributed by atoms with Crippen LogP contribution >= 0.6 is 0 Å². The lowest BCUT2D eigenvalue weighted by Crippen LogP contribution is -2.16.